The highest BCUT2D eigenvalue weighted by Gasteiger charge is 2.22. The Labute approximate surface area is 180 Å². The molecule has 1 aliphatic rings. The molecule has 1 fully saturated rings. The Morgan fingerprint density at radius 3 is 2.25 bits per heavy atom. The molecule has 1 heterocycles. The van der Waals surface area contributed by atoms with Gasteiger partial charge in [-0.25, -0.2) is 0 Å². The molecule has 1 atom stereocenters. The average Bonchev–Trinajstić information content (AvgIpc) is 3.08. The smallest absolute Gasteiger partial charge is 0.0536 e. The molecule has 0 saturated carbocycles. The predicted molar refractivity (Wildman–Crippen MR) is 124 cm³/mol. The molecule has 0 nitrogen and oxygen atoms in total. The zero-order valence-electron chi connectivity index (χ0n) is 13.3. The molecule has 0 aliphatic carbocycles. The van der Waals surface area contributed by atoms with Crippen LogP contribution in [0.2, 0.25) is 0 Å². The number of thiol groups is 1. The maximum absolute atomic E-state index is 4.12. The summed E-state index contributed by atoms with van der Waals surface area (Å²) in [4.78, 5) is 2.36. The Bertz CT molecular complexity index is 613. The highest BCUT2D eigenvalue weighted by Crippen LogP contribution is 2.39. The summed E-state index contributed by atoms with van der Waals surface area (Å²) in [6.07, 6.45) is 0. The Morgan fingerprint density at radius 1 is 1.08 bits per heavy atom. The Balaban J connectivity index is 0.000000219. The van der Waals surface area contributed by atoms with Crippen molar-refractivity contribution >= 4 is 79.8 Å². The topological polar surface area (TPSA) is 0 Å². The van der Waals surface area contributed by atoms with Crippen molar-refractivity contribution in [1.29, 1.82) is 0 Å². The molecule has 0 bridgehead atoms. The van der Waals surface area contributed by atoms with E-state index in [0.717, 1.165) is 19.9 Å². The molecule has 0 amide bonds. The number of benzene rings is 2. The van der Waals surface area contributed by atoms with Gasteiger partial charge >= 0.3 is 0 Å². The number of thioether (sulfide) groups is 3. The Kier molecular flexibility index (Phi) is 10.1. The van der Waals surface area contributed by atoms with Gasteiger partial charge in [0.05, 0.1) is 4.58 Å². The molecule has 2 aromatic rings. The minimum Gasteiger partial charge on any atom is -0.146 e. The van der Waals surface area contributed by atoms with E-state index >= 15 is 0 Å². The van der Waals surface area contributed by atoms with Crippen molar-refractivity contribution in [2.45, 2.75) is 21.3 Å². The van der Waals surface area contributed by atoms with Crippen LogP contribution in [0.1, 0.15) is 6.92 Å². The third-order valence-electron chi connectivity index (χ3n) is 3.23. The van der Waals surface area contributed by atoms with Gasteiger partial charge in [-0.15, -0.1) is 47.9 Å². The maximum atomic E-state index is 4.12. The van der Waals surface area contributed by atoms with Crippen LogP contribution in [-0.4, -0.2) is 21.8 Å². The maximum Gasteiger partial charge on any atom is 0.0536 e. The summed E-state index contributed by atoms with van der Waals surface area (Å²) in [6.45, 7) is 2.38. The fraction of sp³-hybridized carbons (Fsp3) is 0.333. The van der Waals surface area contributed by atoms with E-state index in [1.165, 1.54) is 26.6 Å². The van der Waals surface area contributed by atoms with Crippen molar-refractivity contribution in [1.82, 2.24) is 0 Å². The molecular weight excluding hydrogens is 504 g/mol. The zero-order chi connectivity index (χ0) is 17.4. The first kappa shape index (κ1) is 21.1. The molecule has 130 valence electrons. The second kappa shape index (κ2) is 11.5. The Hall–Kier alpha value is 0.800. The van der Waals surface area contributed by atoms with Crippen LogP contribution < -0.4 is 0 Å². The van der Waals surface area contributed by atoms with Gasteiger partial charge in [-0.3, -0.25) is 0 Å². The summed E-state index contributed by atoms with van der Waals surface area (Å²) < 4.78 is 3.07. The van der Waals surface area contributed by atoms with E-state index in [0.29, 0.717) is 0 Å². The molecular formula is C18H20Br2S4. The van der Waals surface area contributed by atoms with Crippen LogP contribution in [0.25, 0.3) is 0 Å². The van der Waals surface area contributed by atoms with Crippen LogP contribution in [0.4, 0.5) is 0 Å². The second-order valence-corrected chi connectivity index (χ2v) is 11.6. The first-order valence-electron chi connectivity index (χ1n) is 7.60. The minimum atomic E-state index is 0.793. The normalized spacial score (nSPS) is 15.7. The molecule has 2 aromatic carbocycles. The monoisotopic (exact) mass is 522 g/mol. The number of rotatable bonds is 4. The van der Waals surface area contributed by atoms with Gasteiger partial charge in [0.25, 0.3) is 0 Å². The van der Waals surface area contributed by atoms with E-state index in [4.69, 9.17) is 0 Å². The van der Waals surface area contributed by atoms with E-state index in [9.17, 15) is 0 Å². The van der Waals surface area contributed by atoms with Crippen LogP contribution in [0.3, 0.4) is 0 Å². The first-order chi connectivity index (χ1) is 11.5. The fourth-order valence-corrected chi connectivity index (χ4v) is 7.72. The van der Waals surface area contributed by atoms with Gasteiger partial charge in [0.2, 0.25) is 0 Å². The molecule has 0 spiro atoms. The summed E-state index contributed by atoms with van der Waals surface area (Å²) in [5.41, 5.74) is 0. The molecule has 6 heteroatoms. The third kappa shape index (κ3) is 8.00. The lowest BCUT2D eigenvalue weighted by atomic mass is 10.3. The Morgan fingerprint density at radius 2 is 1.71 bits per heavy atom. The van der Waals surface area contributed by atoms with Crippen molar-refractivity contribution in [3.63, 3.8) is 0 Å². The molecule has 1 unspecified atom stereocenters. The van der Waals surface area contributed by atoms with Crippen LogP contribution in [0, 0.1) is 5.92 Å². The van der Waals surface area contributed by atoms with Gasteiger partial charge in [-0.1, -0.05) is 50.9 Å². The highest BCUT2D eigenvalue weighted by atomic mass is 79.9. The van der Waals surface area contributed by atoms with Crippen LogP contribution in [-0.2, 0) is 0 Å². The van der Waals surface area contributed by atoms with E-state index in [1.54, 1.807) is 0 Å². The summed E-state index contributed by atoms with van der Waals surface area (Å²) in [5, 5.41) is 0. The van der Waals surface area contributed by atoms with Gasteiger partial charge in [-0.05, 0) is 42.3 Å². The fourth-order valence-electron chi connectivity index (χ4n) is 2.04. The van der Waals surface area contributed by atoms with Gasteiger partial charge in [0.1, 0.15) is 0 Å². The van der Waals surface area contributed by atoms with Crippen LogP contribution in [0.5, 0.6) is 0 Å². The summed E-state index contributed by atoms with van der Waals surface area (Å²) in [6, 6.07) is 16.4. The lowest BCUT2D eigenvalue weighted by Gasteiger charge is -2.16. The number of hydrogen-bond donors (Lipinski definition) is 1. The van der Waals surface area contributed by atoms with E-state index < -0.39 is 0 Å². The van der Waals surface area contributed by atoms with Crippen LogP contribution in [0.15, 0.2) is 67.3 Å². The van der Waals surface area contributed by atoms with E-state index in [1.807, 2.05) is 36.0 Å². The highest BCUT2D eigenvalue weighted by molar-refractivity contribution is 9.10. The predicted octanol–water partition coefficient (Wildman–Crippen LogP) is 7.72. The molecule has 24 heavy (non-hydrogen) atoms. The standard InChI is InChI=1S/C12H15BrS3.C6H5BrS/c1-9(12-14-5-6-15-12)8-16-11-4-2-3-10(13)7-11;7-5-2-1-3-6(8)4-5/h2-4,7,9,12H,5-6,8H2,1H3;1-4,8H. The third-order valence-corrected chi connectivity index (χ3v) is 9.31. The van der Waals surface area contributed by atoms with Gasteiger partial charge in [-0.2, -0.15) is 0 Å². The zero-order valence-corrected chi connectivity index (χ0v) is 19.8. The van der Waals surface area contributed by atoms with Gasteiger partial charge in [0.15, 0.2) is 0 Å². The van der Waals surface area contributed by atoms with Crippen molar-refractivity contribution < 1.29 is 0 Å². The minimum absolute atomic E-state index is 0.793. The number of hydrogen-bond acceptors (Lipinski definition) is 4. The SMILES string of the molecule is CC(CSc1cccc(Br)c1)C1SCCS1.Sc1cccc(Br)c1. The van der Waals surface area contributed by atoms with Gasteiger partial charge in [0, 0.05) is 36.0 Å². The first-order valence-corrected chi connectivity index (χ1v) is 12.7. The lowest BCUT2D eigenvalue weighted by Crippen LogP contribution is -2.10. The second-order valence-electron chi connectivity index (χ2n) is 5.34. The largest absolute Gasteiger partial charge is 0.146 e. The van der Waals surface area contributed by atoms with Crippen molar-refractivity contribution in [3.05, 3.63) is 57.5 Å². The van der Waals surface area contributed by atoms with E-state index in [2.05, 4.69) is 99.2 Å². The van der Waals surface area contributed by atoms with Crippen molar-refractivity contribution in [2.24, 2.45) is 5.92 Å². The number of halogens is 2. The van der Waals surface area contributed by atoms with Crippen molar-refractivity contribution in [3.8, 4) is 0 Å². The molecule has 0 aromatic heterocycles. The lowest BCUT2D eigenvalue weighted by molar-refractivity contribution is 0.737. The van der Waals surface area contributed by atoms with Crippen molar-refractivity contribution in [2.75, 3.05) is 17.3 Å². The molecule has 1 saturated heterocycles. The van der Waals surface area contributed by atoms with Crippen LogP contribution >= 0.6 is 79.8 Å². The summed E-state index contributed by atoms with van der Waals surface area (Å²) in [7, 11) is 0. The quantitative estimate of drug-likeness (QED) is 0.322. The van der Waals surface area contributed by atoms with E-state index in [-0.39, 0.29) is 0 Å². The molecule has 0 N–H and O–H groups in total. The van der Waals surface area contributed by atoms with Gasteiger partial charge < -0.3 is 0 Å². The average molecular weight is 524 g/mol. The summed E-state index contributed by atoms with van der Waals surface area (Å²) in [5.74, 6) is 4.69. The molecule has 1 aliphatic heterocycles. The summed E-state index contributed by atoms with van der Waals surface area (Å²) >= 11 is 17.2. The molecule has 3 rings (SSSR count). The molecule has 0 radical (unpaired) electrons.